The zero-order valence-electron chi connectivity index (χ0n) is 11.8. The zero-order valence-corrected chi connectivity index (χ0v) is 13.4. The van der Waals surface area contributed by atoms with Crippen molar-refractivity contribution in [3.8, 4) is 5.75 Å². The number of hydrogen-bond acceptors (Lipinski definition) is 5. The van der Waals surface area contributed by atoms with Gasteiger partial charge in [-0.25, -0.2) is 9.59 Å². The first-order chi connectivity index (χ1) is 11.0. The van der Waals surface area contributed by atoms with Gasteiger partial charge < -0.3 is 14.3 Å². The summed E-state index contributed by atoms with van der Waals surface area (Å²) in [5.74, 6) is -0.513. The van der Waals surface area contributed by atoms with E-state index >= 15 is 0 Å². The quantitative estimate of drug-likeness (QED) is 0.559. The fourth-order valence-corrected chi connectivity index (χ4v) is 2.63. The molecule has 0 bridgehead atoms. The van der Waals surface area contributed by atoms with Gasteiger partial charge in [-0.15, -0.1) is 0 Å². The molecule has 0 aliphatic carbocycles. The Morgan fingerprint density at radius 1 is 1.17 bits per heavy atom. The number of benzene rings is 2. The van der Waals surface area contributed by atoms with Gasteiger partial charge in [0.15, 0.2) is 0 Å². The third-order valence-corrected chi connectivity index (χ3v) is 3.96. The van der Waals surface area contributed by atoms with E-state index in [4.69, 9.17) is 9.15 Å². The molecule has 2 aromatic carbocycles. The normalized spacial score (nSPS) is 10.7. The predicted octanol–water partition coefficient (Wildman–Crippen LogP) is 3.62. The maximum Gasteiger partial charge on any atom is 0.339 e. The molecule has 5 nitrogen and oxygen atoms in total. The molecular formula is C17H11BrO5. The number of carbonyl (C=O) groups is 1. The van der Waals surface area contributed by atoms with E-state index in [2.05, 4.69) is 15.9 Å². The first-order valence-corrected chi connectivity index (χ1v) is 7.51. The number of aromatic hydroxyl groups is 1. The van der Waals surface area contributed by atoms with Gasteiger partial charge >= 0.3 is 11.6 Å². The third-order valence-electron chi connectivity index (χ3n) is 3.27. The number of halogens is 1. The number of phenolic OH excluding ortho intramolecular Hbond substituents is 1. The molecule has 23 heavy (non-hydrogen) atoms. The van der Waals surface area contributed by atoms with Crippen LogP contribution in [0.2, 0.25) is 0 Å². The zero-order chi connectivity index (χ0) is 16.4. The van der Waals surface area contributed by atoms with Crippen LogP contribution in [0.25, 0.3) is 11.0 Å². The number of carbonyl (C=O) groups excluding carboxylic acids is 1. The van der Waals surface area contributed by atoms with Crippen LogP contribution < -0.4 is 5.63 Å². The maximum absolute atomic E-state index is 12.1. The highest BCUT2D eigenvalue weighted by molar-refractivity contribution is 9.10. The number of rotatable bonds is 3. The first kappa shape index (κ1) is 15.3. The van der Waals surface area contributed by atoms with E-state index in [-0.39, 0.29) is 17.9 Å². The van der Waals surface area contributed by atoms with Crippen molar-refractivity contribution >= 4 is 32.9 Å². The van der Waals surface area contributed by atoms with Crippen LogP contribution in [-0.4, -0.2) is 11.1 Å². The number of esters is 1. The lowest BCUT2D eigenvalue weighted by molar-refractivity contribution is 0.0472. The second-order valence-corrected chi connectivity index (χ2v) is 5.68. The van der Waals surface area contributed by atoms with Gasteiger partial charge in [0.25, 0.3) is 0 Å². The van der Waals surface area contributed by atoms with Crippen LogP contribution in [-0.2, 0) is 11.3 Å². The highest BCUT2D eigenvalue weighted by atomic mass is 79.9. The van der Waals surface area contributed by atoms with Crippen molar-refractivity contribution in [1.82, 2.24) is 0 Å². The van der Waals surface area contributed by atoms with Crippen molar-refractivity contribution in [1.29, 1.82) is 0 Å². The van der Waals surface area contributed by atoms with Gasteiger partial charge in [0, 0.05) is 27.6 Å². The monoisotopic (exact) mass is 374 g/mol. The number of fused-ring (bicyclic) bond motifs is 1. The number of hydrogen-bond donors (Lipinski definition) is 1. The topological polar surface area (TPSA) is 76.7 Å². The number of ether oxygens (including phenoxy) is 1. The van der Waals surface area contributed by atoms with Crippen molar-refractivity contribution in [3.05, 3.63) is 74.6 Å². The van der Waals surface area contributed by atoms with Crippen LogP contribution in [0, 0.1) is 0 Å². The molecule has 0 saturated carbocycles. The Morgan fingerprint density at radius 2 is 1.96 bits per heavy atom. The molecule has 1 N–H and O–H groups in total. The lowest BCUT2D eigenvalue weighted by Gasteiger charge is -2.08. The van der Waals surface area contributed by atoms with Gasteiger partial charge in [-0.3, -0.25) is 0 Å². The van der Waals surface area contributed by atoms with E-state index in [1.54, 1.807) is 30.3 Å². The van der Waals surface area contributed by atoms with Crippen LogP contribution in [0.4, 0.5) is 0 Å². The second kappa shape index (κ2) is 6.26. The van der Waals surface area contributed by atoms with Gasteiger partial charge in [-0.05, 0) is 40.2 Å². The average molecular weight is 375 g/mol. The highest BCUT2D eigenvalue weighted by Crippen LogP contribution is 2.23. The third kappa shape index (κ3) is 3.27. The summed E-state index contributed by atoms with van der Waals surface area (Å²) in [6, 6.07) is 12.6. The molecule has 6 heteroatoms. The average Bonchev–Trinajstić information content (AvgIpc) is 2.52. The summed E-state index contributed by atoms with van der Waals surface area (Å²) < 4.78 is 10.9. The summed E-state index contributed by atoms with van der Waals surface area (Å²) in [7, 11) is 0. The Kier molecular flexibility index (Phi) is 4.16. The molecule has 1 heterocycles. The van der Waals surface area contributed by atoms with Crippen molar-refractivity contribution in [2.75, 3.05) is 0 Å². The minimum absolute atomic E-state index is 0.0111. The van der Waals surface area contributed by atoms with Gasteiger partial charge in [-0.2, -0.15) is 0 Å². The molecule has 0 amide bonds. The summed E-state index contributed by atoms with van der Waals surface area (Å²) in [6.07, 6.45) is 0. The fourth-order valence-electron chi connectivity index (χ4n) is 2.19. The molecule has 0 radical (unpaired) electrons. The van der Waals surface area contributed by atoms with Crippen molar-refractivity contribution < 1.29 is 19.1 Å². The molecule has 3 aromatic rings. The van der Waals surface area contributed by atoms with E-state index in [0.29, 0.717) is 21.0 Å². The summed E-state index contributed by atoms with van der Waals surface area (Å²) in [5.41, 5.74) is 0.577. The van der Waals surface area contributed by atoms with Gasteiger partial charge in [0.1, 0.15) is 17.9 Å². The van der Waals surface area contributed by atoms with Gasteiger partial charge in [-0.1, -0.05) is 12.1 Å². The van der Waals surface area contributed by atoms with Crippen molar-refractivity contribution in [2.45, 2.75) is 6.61 Å². The molecule has 0 aliphatic rings. The minimum Gasteiger partial charge on any atom is -0.508 e. The molecule has 0 fully saturated rings. The standard InChI is InChI=1S/C17H11BrO5/c18-14-4-2-1-3-13(14)17(21)22-9-10-7-16(20)23-15-8-11(19)5-6-12(10)15/h1-8,19H,9H2. The predicted molar refractivity (Wildman–Crippen MR) is 87.4 cm³/mol. The molecule has 0 saturated heterocycles. The molecule has 116 valence electrons. The van der Waals surface area contributed by atoms with Crippen LogP contribution >= 0.6 is 15.9 Å². The van der Waals surface area contributed by atoms with Gasteiger partial charge in [0.05, 0.1) is 5.56 Å². The Hall–Kier alpha value is -2.60. The first-order valence-electron chi connectivity index (χ1n) is 6.72. The summed E-state index contributed by atoms with van der Waals surface area (Å²) in [5, 5.41) is 10.1. The van der Waals surface area contributed by atoms with Crippen LogP contribution in [0.1, 0.15) is 15.9 Å². The molecule has 0 unspecified atom stereocenters. The molecule has 0 aliphatic heterocycles. The minimum atomic E-state index is -0.574. The summed E-state index contributed by atoms with van der Waals surface area (Å²) in [6.45, 7) is -0.0763. The SMILES string of the molecule is O=C(OCc1cc(=O)oc2cc(O)ccc12)c1ccccc1Br. The summed E-state index contributed by atoms with van der Waals surface area (Å²) >= 11 is 3.29. The smallest absolute Gasteiger partial charge is 0.339 e. The molecule has 0 spiro atoms. The van der Waals surface area contributed by atoms with Crippen molar-refractivity contribution in [3.63, 3.8) is 0 Å². The van der Waals surface area contributed by atoms with E-state index in [1.807, 2.05) is 0 Å². The van der Waals surface area contributed by atoms with Crippen molar-refractivity contribution in [2.24, 2.45) is 0 Å². The second-order valence-electron chi connectivity index (χ2n) is 4.83. The fraction of sp³-hybridized carbons (Fsp3) is 0.0588. The Bertz CT molecular complexity index is 945. The Morgan fingerprint density at radius 3 is 2.74 bits per heavy atom. The van der Waals surface area contributed by atoms with E-state index in [9.17, 15) is 14.7 Å². The highest BCUT2D eigenvalue weighted by Gasteiger charge is 2.13. The summed E-state index contributed by atoms with van der Waals surface area (Å²) in [4.78, 5) is 23.7. The molecule has 1 aromatic heterocycles. The van der Waals surface area contributed by atoms with E-state index < -0.39 is 11.6 Å². The molecule has 3 rings (SSSR count). The number of phenols is 1. The molecular weight excluding hydrogens is 364 g/mol. The van der Waals surface area contributed by atoms with Gasteiger partial charge in [0.2, 0.25) is 0 Å². The lowest BCUT2D eigenvalue weighted by atomic mass is 10.1. The van der Waals surface area contributed by atoms with E-state index in [1.165, 1.54) is 18.2 Å². The van der Waals surface area contributed by atoms with Crippen LogP contribution in [0.5, 0.6) is 5.75 Å². The van der Waals surface area contributed by atoms with Crippen LogP contribution in [0.3, 0.4) is 0 Å². The maximum atomic E-state index is 12.1. The Labute approximate surface area is 139 Å². The van der Waals surface area contributed by atoms with Crippen LogP contribution in [0.15, 0.2) is 62.2 Å². The largest absolute Gasteiger partial charge is 0.508 e. The Balaban J connectivity index is 1.89. The lowest BCUT2D eigenvalue weighted by Crippen LogP contribution is -2.08. The molecule has 0 atom stereocenters. The van der Waals surface area contributed by atoms with E-state index in [0.717, 1.165) is 0 Å².